The molecule has 3 rings (SSSR count). The summed E-state index contributed by atoms with van der Waals surface area (Å²) in [4.78, 5) is 24.8. The molecule has 0 aliphatic carbocycles. The Hall–Kier alpha value is -2.93. The number of nitrogens with one attached hydrogen (secondary N) is 1. The topological polar surface area (TPSA) is 81.8 Å². The van der Waals surface area contributed by atoms with Gasteiger partial charge in [0.15, 0.2) is 5.82 Å². The van der Waals surface area contributed by atoms with E-state index in [1.165, 1.54) is 6.07 Å². The number of benzene rings is 1. The average Bonchev–Trinajstić information content (AvgIpc) is 2.99. The van der Waals surface area contributed by atoms with Crippen molar-refractivity contribution in [2.75, 3.05) is 0 Å². The quantitative estimate of drug-likeness (QED) is 0.731. The molecule has 0 aliphatic rings. The van der Waals surface area contributed by atoms with Crippen molar-refractivity contribution in [3.63, 3.8) is 0 Å². The fraction of sp³-hybridized carbons (Fsp3) is 0.263. The number of hydrogen-bond donors (Lipinski definition) is 1. The predicted molar refractivity (Wildman–Crippen MR) is 103 cm³/mol. The highest BCUT2D eigenvalue weighted by molar-refractivity contribution is 6.31. The zero-order chi connectivity index (χ0) is 19.6. The third-order valence-corrected chi connectivity index (χ3v) is 4.56. The van der Waals surface area contributed by atoms with Crippen molar-refractivity contribution in [3.8, 4) is 5.82 Å². The van der Waals surface area contributed by atoms with Gasteiger partial charge in [0.05, 0.1) is 5.69 Å². The van der Waals surface area contributed by atoms with Crippen molar-refractivity contribution in [2.45, 2.75) is 33.4 Å². The summed E-state index contributed by atoms with van der Waals surface area (Å²) in [5, 5.41) is 12.1. The summed E-state index contributed by atoms with van der Waals surface area (Å²) < 4.78 is 2.80. The van der Waals surface area contributed by atoms with Crippen LogP contribution < -0.4 is 10.9 Å². The summed E-state index contributed by atoms with van der Waals surface area (Å²) in [6, 6.07) is 11.4. The summed E-state index contributed by atoms with van der Waals surface area (Å²) in [6.07, 6.45) is 0. The van der Waals surface area contributed by atoms with E-state index in [1.54, 1.807) is 23.7 Å². The molecule has 1 aromatic carbocycles. The molecule has 27 heavy (non-hydrogen) atoms. The van der Waals surface area contributed by atoms with E-state index in [9.17, 15) is 9.59 Å². The molecule has 0 bridgehead atoms. The normalized spacial score (nSPS) is 12.0. The molecule has 1 unspecified atom stereocenters. The molecule has 0 radical (unpaired) electrons. The smallest absolute Gasteiger partial charge is 0.267 e. The van der Waals surface area contributed by atoms with Crippen molar-refractivity contribution in [2.24, 2.45) is 0 Å². The lowest BCUT2D eigenvalue weighted by Gasteiger charge is -2.15. The molecule has 0 saturated carbocycles. The first-order valence-corrected chi connectivity index (χ1v) is 8.89. The third kappa shape index (κ3) is 4.09. The van der Waals surface area contributed by atoms with Crippen LogP contribution >= 0.6 is 11.6 Å². The number of amides is 1. The number of halogens is 1. The maximum Gasteiger partial charge on any atom is 0.267 e. The molecule has 140 valence electrons. The number of aryl methyl sites for hydroxylation is 2. The fourth-order valence-electron chi connectivity index (χ4n) is 2.75. The van der Waals surface area contributed by atoms with Crippen molar-refractivity contribution < 1.29 is 4.79 Å². The molecular formula is C19H20ClN5O2. The number of nitrogens with zero attached hydrogens (tertiary/aromatic N) is 4. The fourth-order valence-corrected chi connectivity index (χ4v) is 2.95. The van der Waals surface area contributed by atoms with Gasteiger partial charge in [-0.3, -0.25) is 9.59 Å². The molecule has 3 aromatic rings. The van der Waals surface area contributed by atoms with E-state index in [-0.39, 0.29) is 18.0 Å². The van der Waals surface area contributed by atoms with Gasteiger partial charge in [0.1, 0.15) is 6.04 Å². The van der Waals surface area contributed by atoms with Gasteiger partial charge in [-0.15, -0.1) is 5.10 Å². The number of carbonyl (C=O) groups excluding carboxylic acids is 1. The minimum absolute atomic E-state index is 0.273. The van der Waals surface area contributed by atoms with Crippen LogP contribution in [0.25, 0.3) is 5.82 Å². The van der Waals surface area contributed by atoms with Crippen LogP contribution in [0.1, 0.15) is 29.9 Å². The van der Waals surface area contributed by atoms with Crippen molar-refractivity contribution in [3.05, 3.63) is 74.8 Å². The highest BCUT2D eigenvalue weighted by Crippen LogP contribution is 2.15. The number of carbonyl (C=O) groups is 1. The Labute approximate surface area is 161 Å². The Morgan fingerprint density at radius 2 is 1.93 bits per heavy atom. The Balaban J connectivity index is 1.81. The van der Waals surface area contributed by atoms with Crippen LogP contribution in [0.3, 0.4) is 0 Å². The second kappa shape index (κ2) is 7.75. The molecule has 1 amide bonds. The molecular weight excluding hydrogens is 366 g/mol. The standard InChI is InChI=1S/C19H20ClN5O2/c1-12-10-13(2)24(22-12)17-8-9-18(26)25(23-17)14(3)19(27)21-11-15-6-4-5-7-16(15)20/h4-10,14H,11H2,1-3H3,(H,21,27). The van der Waals surface area contributed by atoms with E-state index >= 15 is 0 Å². The van der Waals surface area contributed by atoms with Crippen molar-refractivity contribution >= 4 is 17.5 Å². The minimum Gasteiger partial charge on any atom is -0.350 e. The zero-order valence-electron chi connectivity index (χ0n) is 15.3. The van der Waals surface area contributed by atoms with Gasteiger partial charge in [-0.25, -0.2) is 9.36 Å². The van der Waals surface area contributed by atoms with Crippen LogP contribution in [0.5, 0.6) is 0 Å². The largest absolute Gasteiger partial charge is 0.350 e. The summed E-state index contributed by atoms with van der Waals surface area (Å²) in [7, 11) is 0. The Kier molecular flexibility index (Phi) is 5.41. The van der Waals surface area contributed by atoms with Gasteiger partial charge in [0.25, 0.3) is 5.56 Å². The van der Waals surface area contributed by atoms with Crippen LogP contribution in [-0.2, 0) is 11.3 Å². The van der Waals surface area contributed by atoms with E-state index in [4.69, 9.17) is 11.6 Å². The maximum absolute atomic E-state index is 12.5. The van der Waals surface area contributed by atoms with E-state index in [1.807, 2.05) is 38.1 Å². The summed E-state index contributed by atoms with van der Waals surface area (Å²) >= 11 is 6.11. The van der Waals surface area contributed by atoms with Gasteiger partial charge >= 0.3 is 0 Å². The molecule has 8 heteroatoms. The zero-order valence-corrected chi connectivity index (χ0v) is 16.1. The first-order valence-electron chi connectivity index (χ1n) is 8.51. The minimum atomic E-state index is -0.781. The van der Waals surface area contributed by atoms with E-state index in [2.05, 4.69) is 15.5 Å². The highest BCUT2D eigenvalue weighted by atomic mass is 35.5. The van der Waals surface area contributed by atoms with E-state index in [0.29, 0.717) is 10.8 Å². The highest BCUT2D eigenvalue weighted by Gasteiger charge is 2.18. The first kappa shape index (κ1) is 18.8. The number of hydrogen-bond acceptors (Lipinski definition) is 4. The van der Waals surface area contributed by atoms with E-state index < -0.39 is 6.04 Å². The van der Waals surface area contributed by atoms with Crippen LogP contribution in [-0.4, -0.2) is 25.5 Å². The summed E-state index contributed by atoms with van der Waals surface area (Å²) in [5.41, 5.74) is 2.18. The SMILES string of the molecule is Cc1cc(C)n(-c2ccc(=O)n(C(C)C(=O)NCc3ccccc3Cl)n2)n1. The van der Waals surface area contributed by atoms with Gasteiger partial charge in [0, 0.05) is 23.3 Å². The van der Waals surface area contributed by atoms with Gasteiger partial charge in [-0.1, -0.05) is 29.8 Å². The number of aromatic nitrogens is 4. The number of rotatable bonds is 5. The molecule has 0 fully saturated rings. The lowest BCUT2D eigenvalue weighted by molar-refractivity contribution is -0.124. The average molecular weight is 386 g/mol. The molecule has 0 saturated heterocycles. The molecule has 2 aromatic heterocycles. The molecule has 2 heterocycles. The van der Waals surface area contributed by atoms with Crippen LogP contribution in [0.2, 0.25) is 5.02 Å². The molecule has 1 atom stereocenters. The van der Waals surface area contributed by atoms with Crippen molar-refractivity contribution in [1.82, 2.24) is 24.9 Å². The van der Waals surface area contributed by atoms with Crippen LogP contribution in [0.15, 0.2) is 47.3 Å². The molecule has 0 aliphatic heterocycles. The van der Waals surface area contributed by atoms with Gasteiger partial charge in [0.2, 0.25) is 5.91 Å². The lowest BCUT2D eigenvalue weighted by Crippen LogP contribution is -2.37. The van der Waals surface area contributed by atoms with Crippen LogP contribution in [0.4, 0.5) is 0 Å². The van der Waals surface area contributed by atoms with Crippen molar-refractivity contribution in [1.29, 1.82) is 0 Å². The molecule has 1 N–H and O–H groups in total. The van der Waals surface area contributed by atoms with Gasteiger partial charge in [-0.05, 0) is 44.5 Å². The van der Waals surface area contributed by atoms with Crippen LogP contribution in [0, 0.1) is 13.8 Å². The maximum atomic E-state index is 12.5. The first-order chi connectivity index (χ1) is 12.9. The predicted octanol–water partition coefficient (Wildman–Crippen LogP) is 2.58. The lowest BCUT2D eigenvalue weighted by atomic mass is 10.2. The Morgan fingerprint density at radius 1 is 1.19 bits per heavy atom. The second-order valence-electron chi connectivity index (χ2n) is 6.30. The Bertz CT molecular complexity index is 1040. The van der Waals surface area contributed by atoms with Gasteiger partial charge < -0.3 is 5.32 Å². The monoisotopic (exact) mass is 385 g/mol. The third-order valence-electron chi connectivity index (χ3n) is 4.19. The van der Waals surface area contributed by atoms with Gasteiger partial charge in [-0.2, -0.15) is 5.10 Å². The van der Waals surface area contributed by atoms with E-state index in [0.717, 1.165) is 21.6 Å². The summed E-state index contributed by atoms with van der Waals surface area (Å²) in [5.74, 6) is 0.154. The summed E-state index contributed by atoms with van der Waals surface area (Å²) in [6.45, 7) is 5.68. The Morgan fingerprint density at radius 3 is 2.59 bits per heavy atom. The second-order valence-corrected chi connectivity index (χ2v) is 6.71. The molecule has 7 nitrogen and oxygen atoms in total. The molecule has 0 spiro atoms.